The van der Waals surface area contributed by atoms with Gasteiger partial charge in [0.25, 0.3) is 5.91 Å². The van der Waals surface area contributed by atoms with E-state index in [4.69, 9.17) is 0 Å². The van der Waals surface area contributed by atoms with E-state index in [0.29, 0.717) is 11.8 Å². The first-order valence-corrected chi connectivity index (χ1v) is 6.56. The lowest BCUT2D eigenvalue weighted by atomic mass is 9.93. The Kier molecular flexibility index (Phi) is 2.11. The van der Waals surface area contributed by atoms with Gasteiger partial charge in [-0.2, -0.15) is 0 Å². The minimum Gasteiger partial charge on any atom is -0.312 e. The van der Waals surface area contributed by atoms with E-state index in [2.05, 4.69) is 0 Å². The first kappa shape index (κ1) is 11.1. The molecule has 3 atom stereocenters. The predicted molar refractivity (Wildman–Crippen MR) is 63.3 cm³/mol. The third kappa shape index (κ3) is 1.36. The third-order valence-electron chi connectivity index (χ3n) is 4.47. The molecule has 2 saturated heterocycles. The van der Waals surface area contributed by atoms with Crippen LogP contribution in [0.5, 0.6) is 0 Å². The van der Waals surface area contributed by atoms with Crippen LogP contribution in [0.25, 0.3) is 0 Å². The van der Waals surface area contributed by atoms with E-state index in [9.17, 15) is 9.59 Å². The topological polar surface area (TPSA) is 40.6 Å². The second kappa shape index (κ2) is 3.24. The summed E-state index contributed by atoms with van der Waals surface area (Å²) in [5.74, 6) is 1.05. The van der Waals surface area contributed by atoms with Crippen LogP contribution in [-0.2, 0) is 4.79 Å². The second-order valence-corrected chi connectivity index (χ2v) is 6.58. The Morgan fingerprint density at radius 2 is 1.88 bits per heavy atom. The zero-order chi connectivity index (χ0) is 12.4. The highest BCUT2D eigenvalue weighted by atomic mass is 16.2. The molecule has 1 aliphatic carbocycles. The van der Waals surface area contributed by atoms with Crippen molar-refractivity contribution in [2.45, 2.75) is 51.6 Å². The molecule has 0 radical (unpaired) electrons. The molecule has 0 aromatic rings. The highest BCUT2D eigenvalue weighted by Crippen LogP contribution is 2.46. The molecule has 0 N–H and O–H groups in total. The Bertz CT molecular complexity index is 385. The van der Waals surface area contributed by atoms with Gasteiger partial charge in [-0.3, -0.25) is 9.69 Å². The van der Waals surface area contributed by atoms with Gasteiger partial charge in [-0.05, 0) is 45.4 Å². The van der Waals surface area contributed by atoms with E-state index in [-0.39, 0.29) is 18.0 Å². The van der Waals surface area contributed by atoms with Gasteiger partial charge < -0.3 is 4.90 Å². The zero-order valence-electron chi connectivity index (χ0n) is 10.8. The summed E-state index contributed by atoms with van der Waals surface area (Å²) in [7, 11) is 0. The maximum atomic E-state index is 12.5. The van der Waals surface area contributed by atoms with Gasteiger partial charge >= 0.3 is 6.03 Å². The molecule has 0 spiro atoms. The van der Waals surface area contributed by atoms with Crippen LogP contribution < -0.4 is 0 Å². The number of hydrogen-bond acceptors (Lipinski definition) is 2. The Labute approximate surface area is 102 Å². The molecule has 3 amide bonds. The molecule has 1 saturated carbocycles. The molecule has 0 aromatic carbocycles. The van der Waals surface area contributed by atoms with Crippen LogP contribution in [0.15, 0.2) is 0 Å². The molecule has 4 heteroatoms. The SMILES string of the molecule is CC(C)(C)N1C(=O)C2C3CCCC3CN2C1=O. The minimum atomic E-state index is -0.396. The summed E-state index contributed by atoms with van der Waals surface area (Å²) in [6, 6.07) is -0.212. The maximum absolute atomic E-state index is 12.5. The molecule has 4 nitrogen and oxygen atoms in total. The van der Waals surface area contributed by atoms with E-state index in [1.165, 1.54) is 17.7 Å². The Balaban J connectivity index is 1.93. The van der Waals surface area contributed by atoms with Crippen molar-refractivity contribution in [2.75, 3.05) is 6.54 Å². The number of imide groups is 1. The number of fused-ring (bicyclic) bond motifs is 3. The summed E-state index contributed by atoms with van der Waals surface area (Å²) in [5.41, 5.74) is -0.396. The highest BCUT2D eigenvalue weighted by Gasteiger charge is 2.58. The van der Waals surface area contributed by atoms with Crippen molar-refractivity contribution in [2.24, 2.45) is 11.8 Å². The van der Waals surface area contributed by atoms with Crippen molar-refractivity contribution in [1.29, 1.82) is 0 Å². The van der Waals surface area contributed by atoms with Gasteiger partial charge in [0, 0.05) is 12.1 Å². The molecule has 3 rings (SSSR count). The molecule has 17 heavy (non-hydrogen) atoms. The quantitative estimate of drug-likeness (QED) is 0.602. The van der Waals surface area contributed by atoms with E-state index < -0.39 is 5.54 Å². The predicted octanol–water partition coefficient (Wildman–Crippen LogP) is 1.85. The Morgan fingerprint density at radius 1 is 1.18 bits per heavy atom. The minimum absolute atomic E-state index is 0.0388. The monoisotopic (exact) mass is 236 g/mol. The molecular formula is C13H20N2O2. The zero-order valence-corrected chi connectivity index (χ0v) is 10.8. The number of carbonyl (C=O) groups is 2. The van der Waals surface area contributed by atoms with Crippen molar-refractivity contribution in [3.05, 3.63) is 0 Å². The summed E-state index contributed by atoms with van der Waals surface area (Å²) in [4.78, 5) is 28.0. The van der Waals surface area contributed by atoms with Crippen molar-refractivity contribution in [1.82, 2.24) is 9.80 Å². The lowest BCUT2D eigenvalue weighted by Gasteiger charge is -2.30. The first-order valence-electron chi connectivity index (χ1n) is 6.56. The van der Waals surface area contributed by atoms with E-state index in [1.807, 2.05) is 25.7 Å². The lowest BCUT2D eigenvalue weighted by Crippen LogP contribution is -2.47. The van der Waals surface area contributed by atoms with Gasteiger partial charge in [0.15, 0.2) is 0 Å². The summed E-state index contributed by atoms with van der Waals surface area (Å²) >= 11 is 0. The number of carbonyl (C=O) groups excluding carboxylic acids is 2. The van der Waals surface area contributed by atoms with Crippen LogP contribution in [0.1, 0.15) is 40.0 Å². The van der Waals surface area contributed by atoms with Gasteiger partial charge in [0.2, 0.25) is 0 Å². The highest BCUT2D eigenvalue weighted by molar-refractivity contribution is 6.05. The summed E-state index contributed by atoms with van der Waals surface area (Å²) in [5, 5.41) is 0. The fourth-order valence-corrected chi connectivity index (χ4v) is 3.79. The molecule has 94 valence electrons. The van der Waals surface area contributed by atoms with E-state index >= 15 is 0 Å². The largest absolute Gasteiger partial charge is 0.327 e. The number of rotatable bonds is 0. The Morgan fingerprint density at radius 3 is 2.53 bits per heavy atom. The van der Waals surface area contributed by atoms with Gasteiger partial charge in [-0.25, -0.2) is 4.79 Å². The number of nitrogens with zero attached hydrogens (tertiary/aromatic N) is 2. The van der Waals surface area contributed by atoms with E-state index in [1.54, 1.807) is 0 Å². The molecule has 3 fully saturated rings. The lowest BCUT2D eigenvalue weighted by molar-refractivity contribution is -0.132. The first-order chi connectivity index (χ1) is 7.91. The molecule has 0 aromatic heterocycles. The second-order valence-electron chi connectivity index (χ2n) is 6.58. The molecule has 2 heterocycles. The number of hydrogen-bond donors (Lipinski definition) is 0. The van der Waals surface area contributed by atoms with E-state index in [0.717, 1.165) is 13.0 Å². The van der Waals surface area contributed by atoms with Gasteiger partial charge in [-0.1, -0.05) is 6.42 Å². The average molecular weight is 236 g/mol. The number of urea groups is 1. The fraction of sp³-hybridized carbons (Fsp3) is 0.846. The van der Waals surface area contributed by atoms with Crippen molar-refractivity contribution in [3.8, 4) is 0 Å². The smallest absolute Gasteiger partial charge is 0.312 e. The third-order valence-corrected chi connectivity index (χ3v) is 4.47. The number of amides is 3. The molecular weight excluding hydrogens is 216 g/mol. The van der Waals surface area contributed by atoms with Gasteiger partial charge in [0.1, 0.15) is 6.04 Å². The van der Waals surface area contributed by atoms with Crippen molar-refractivity contribution in [3.63, 3.8) is 0 Å². The van der Waals surface area contributed by atoms with Crippen LogP contribution in [0.4, 0.5) is 4.79 Å². The average Bonchev–Trinajstić information content (AvgIpc) is 2.76. The molecule has 0 bridgehead atoms. The normalized spacial score (nSPS) is 36.8. The van der Waals surface area contributed by atoms with Crippen LogP contribution in [-0.4, -0.2) is 39.9 Å². The summed E-state index contributed by atoms with van der Waals surface area (Å²) in [6.07, 6.45) is 3.52. The molecule has 3 unspecified atom stereocenters. The fourth-order valence-electron chi connectivity index (χ4n) is 3.79. The van der Waals surface area contributed by atoms with Crippen molar-refractivity contribution < 1.29 is 9.59 Å². The van der Waals surface area contributed by atoms with Gasteiger partial charge in [0.05, 0.1) is 0 Å². The molecule has 2 aliphatic heterocycles. The van der Waals surface area contributed by atoms with Crippen LogP contribution in [0.3, 0.4) is 0 Å². The van der Waals surface area contributed by atoms with Crippen LogP contribution >= 0.6 is 0 Å². The van der Waals surface area contributed by atoms with Crippen molar-refractivity contribution >= 4 is 11.9 Å². The summed E-state index contributed by atoms with van der Waals surface area (Å²) in [6.45, 7) is 6.58. The standard InChI is InChI=1S/C13H20N2O2/c1-13(2,3)15-11(16)10-9-6-4-5-8(9)7-14(10)12(15)17/h8-10H,4-7H2,1-3H3. The van der Waals surface area contributed by atoms with Gasteiger partial charge in [-0.15, -0.1) is 0 Å². The van der Waals surface area contributed by atoms with Crippen LogP contribution in [0.2, 0.25) is 0 Å². The summed E-state index contributed by atoms with van der Waals surface area (Å²) < 4.78 is 0. The Hall–Kier alpha value is -1.06. The molecule has 3 aliphatic rings. The maximum Gasteiger partial charge on any atom is 0.327 e. The van der Waals surface area contributed by atoms with Crippen LogP contribution in [0, 0.1) is 11.8 Å².